The number of fused-ring (bicyclic) bond motifs is 1. The van der Waals surface area contributed by atoms with E-state index in [9.17, 15) is 27.2 Å². The number of hydrogen-bond donors (Lipinski definition) is 1. The third-order valence-corrected chi connectivity index (χ3v) is 5.61. The molecule has 1 atom stereocenters. The second-order valence-electron chi connectivity index (χ2n) is 7.21. The number of alkyl halides is 3. The fraction of sp³-hybridized carbons (Fsp3) is 0.130. The number of anilines is 1. The van der Waals surface area contributed by atoms with Crippen molar-refractivity contribution >= 4 is 33.4 Å². The number of amides is 2. The lowest BCUT2D eigenvalue weighted by molar-refractivity contribution is -0.138. The molecule has 2 amide bonds. The van der Waals surface area contributed by atoms with Gasteiger partial charge in [0.25, 0.3) is 5.91 Å². The molecule has 1 aliphatic heterocycles. The predicted molar refractivity (Wildman–Crippen MR) is 113 cm³/mol. The van der Waals surface area contributed by atoms with Gasteiger partial charge in [0.2, 0.25) is 5.91 Å². The van der Waals surface area contributed by atoms with Gasteiger partial charge in [0, 0.05) is 15.7 Å². The van der Waals surface area contributed by atoms with Gasteiger partial charge in [0.15, 0.2) is 0 Å². The molecular formula is C23H15BrF4N2O2. The van der Waals surface area contributed by atoms with Crippen molar-refractivity contribution in [1.82, 2.24) is 4.90 Å². The van der Waals surface area contributed by atoms with Crippen LogP contribution in [-0.4, -0.2) is 23.3 Å². The van der Waals surface area contributed by atoms with E-state index in [2.05, 4.69) is 21.2 Å². The summed E-state index contributed by atoms with van der Waals surface area (Å²) >= 11 is 3.36. The van der Waals surface area contributed by atoms with Crippen molar-refractivity contribution in [3.63, 3.8) is 0 Å². The molecule has 32 heavy (non-hydrogen) atoms. The third kappa shape index (κ3) is 4.25. The molecule has 1 aliphatic rings. The Labute approximate surface area is 189 Å². The Morgan fingerprint density at radius 1 is 1.03 bits per heavy atom. The number of rotatable bonds is 2. The van der Waals surface area contributed by atoms with Crippen LogP contribution in [-0.2, 0) is 11.0 Å². The highest BCUT2D eigenvalue weighted by Gasteiger charge is 2.39. The molecular weight excluding hydrogens is 492 g/mol. The first-order valence-electron chi connectivity index (χ1n) is 9.47. The third-order valence-electron chi connectivity index (χ3n) is 5.12. The van der Waals surface area contributed by atoms with E-state index >= 15 is 0 Å². The summed E-state index contributed by atoms with van der Waals surface area (Å²) in [6, 6.07) is 13.8. The number of benzene rings is 3. The van der Waals surface area contributed by atoms with Gasteiger partial charge >= 0.3 is 6.18 Å². The molecule has 0 aliphatic carbocycles. The number of hydrogen-bond acceptors (Lipinski definition) is 2. The summed E-state index contributed by atoms with van der Waals surface area (Å²) in [5.41, 5.74) is -0.331. The van der Waals surface area contributed by atoms with Crippen molar-refractivity contribution in [2.75, 3.05) is 11.9 Å². The molecule has 9 heteroatoms. The summed E-state index contributed by atoms with van der Waals surface area (Å²) in [6.07, 6.45) is -4.76. The molecule has 3 aromatic rings. The van der Waals surface area contributed by atoms with Gasteiger partial charge in [-0.15, -0.1) is 0 Å². The Hall–Kier alpha value is -3.20. The average molecular weight is 507 g/mol. The molecule has 4 nitrogen and oxygen atoms in total. The Balaban J connectivity index is 1.92. The van der Waals surface area contributed by atoms with E-state index in [0.29, 0.717) is 21.3 Å². The molecule has 0 spiro atoms. The number of halogens is 5. The first-order chi connectivity index (χ1) is 15.1. The van der Waals surface area contributed by atoms with Gasteiger partial charge in [0.05, 0.1) is 17.2 Å². The highest BCUT2D eigenvalue weighted by atomic mass is 79.9. The normalized spacial score (nSPS) is 16.2. The number of nitrogens with one attached hydrogen (secondary N) is 1. The van der Waals surface area contributed by atoms with Crippen LogP contribution in [0.2, 0.25) is 0 Å². The van der Waals surface area contributed by atoms with Gasteiger partial charge in [-0.1, -0.05) is 40.2 Å². The zero-order valence-corrected chi connectivity index (χ0v) is 17.9. The van der Waals surface area contributed by atoms with Gasteiger partial charge in [-0.05, 0) is 48.0 Å². The fourth-order valence-corrected chi connectivity index (χ4v) is 4.12. The SMILES string of the molecule is O=C1CN(C(=O)c2ccccc2C(F)(F)F)[C@@H](c2ccc(F)cc2)c2cc(Br)ccc2N1. The summed E-state index contributed by atoms with van der Waals surface area (Å²) in [5.74, 6) is -2.03. The lowest BCUT2D eigenvalue weighted by Gasteiger charge is -2.31. The molecule has 0 saturated carbocycles. The summed E-state index contributed by atoms with van der Waals surface area (Å²) in [6.45, 7) is -0.487. The summed E-state index contributed by atoms with van der Waals surface area (Å²) in [7, 11) is 0. The zero-order chi connectivity index (χ0) is 23.0. The van der Waals surface area contributed by atoms with Crippen molar-refractivity contribution in [3.05, 3.63) is 99.3 Å². The topological polar surface area (TPSA) is 49.4 Å². The van der Waals surface area contributed by atoms with E-state index in [0.717, 1.165) is 17.0 Å². The van der Waals surface area contributed by atoms with Crippen molar-refractivity contribution in [2.24, 2.45) is 0 Å². The smallest absolute Gasteiger partial charge is 0.324 e. The molecule has 4 rings (SSSR count). The molecule has 0 unspecified atom stereocenters. The van der Waals surface area contributed by atoms with Gasteiger partial charge in [-0.2, -0.15) is 13.2 Å². The minimum absolute atomic E-state index is 0.409. The van der Waals surface area contributed by atoms with E-state index in [1.54, 1.807) is 18.2 Å². The van der Waals surface area contributed by atoms with Crippen LogP contribution in [0.5, 0.6) is 0 Å². The first-order valence-corrected chi connectivity index (χ1v) is 10.3. The molecule has 3 aromatic carbocycles. The molecule has 0 saturated heterocycles. The monoisotopic (exact) mass is 506 g/mol. The molecule has 164 valence electrons. The summed E-state index contributed by atoms with van der Waals surface area (Å²) in [4.78, 5) is 27.1. The van der Waals surface area contributed by atoms with Gasteiger partial charge in [-0.25, -0.2) is 4.39 Å². The van der Waals surface area contributed by atoms with Crippen LogP contribution in [0.25, 0.3) is 0 Å². The maximum absolute atomic E-state index is 13.6. The van der Waals surface area contributed by atoms with E-state index in [-0.39, 0.29) is 0 Å². The standard InChI is InChI=1S/C23H15BrF4N2O2/c24-14-7-10-19-17(11-14)21(13-5-8-15(25)9-6-13)30(12-20(31)29-19)22(32)16-3-1-2-4-18(16)23(26,27)28/h1-11,21H,12H2,(H,29,31)/t21-/m0/s1. The van der Waals surface area contributed by atoms with Gasteiger partial charge < -0.3 is 10.2 Å². The van der Waals surface area contributed by atoms with E-state index in [1.807, 2.05) is 0 Å². The maximum Gasteiger partial charge on any atom is 0.417 e. The van der Waals surface area contributed by atoms with Crippen LogP contribution >= 0.6 is 15.9 Å². The van der Waals surface area contributed by atoms with Gasteiger partial charge in [-0.3, -0.25) is 9.59 Å². The van der Waals surface area contributed by atoms with Crippen LogP contribution in [0.1, 0.15) is 33.1 Å². The van der Waals surface area contributed by atoms with Crippen LogP contribution in [0.4, 0.5) is 23.2 Å². The van der Waals surface area contributed by atoms with Crippen molar-refractivity contribution in [1.29, 1.82) is 0 Å². The quantitative estimate of drug-likeness (QED) is 0.447. The molecule has 0 fully saturated rings. The largest absolute Gasteiger partial charge is 0.417 e. The first kappa shape index (κ1) is 22.0. The molecule has 0 radical (unpaired) electrons. The van der Waals surface area contributed by atoms with E-state index in [4.69, 9.17) is 0 Å². The van der Waals surface area contributed by atoms with Crippen molar-refractivity contribution < 1.29 is 27.2 Å². The lowest BCUT2D eigenvalue weighted by atomic mass is 9.94. The molecule has 1 heterocycles. The Kier molecular flexibility index (Phi) is 5.77. The molecule has 0 bridgehead atoms. The number of nitrogens with zero attached hydrogens (tertiary/aromatic N) is 1. The van der Waals surface area contributed by atoms with Crippen LogP contribution in [0, 0.1) is 5.82 Å². The van der Waals surface area contributed by atoms with Crippen LogP contribution < -0.4 is 5.32 Å². The van der Waals surface area contributed by atoms with Gasteiger partial charge in [0.1, 0.15) is 12.4 Å². The number of carbonyl (C=O) groups excluding carboxylic acids is 2. The van der Waals surface area contributed by atoms with Crippen LogP contribution in [0.15, 0.2) is 71.2 Å². The van der Waals surface area contributed by atoms with E-state index < -0.39 is 47.5 Å². The predicted octanol–water partition coefficient (Wildman–Crippen LogP) is 5.79. The minimum atomic E-state index is -4.76. The Morgan fingerprint density at radius 3 is 2.41 bits per heavy atom. The van der Waals surface area contributed by atoms with E-state index in [1.165, 1.54) is 36.4 Å². The molecule has 0 aromatic heterocycles. The van der Waals surface area contributed by atoms with Crippen LogP contribution in [0.3, 0.4) is 0 Å². The zero-order valence-electron chi connectivity index (χ0n) is 16.3. The molecule has 1 N–H and O–H groups in total. The minimum Gasteiger partial charge on any atom is -0.324 e. The maximum atomic E-state index is 13.6. The highest BCUT2D eigenvalue weighted by Crippen LogP contribution is 2.39. The van der Waals surface area contributed by atoms with Crippen molar-refractivity contribution in [3.8, 4) is 0 Å². The Bertz CT molecular complexity index is 1200. The second kappa shape index (κ2) is 8.38. The summed E-state index contributed by atoms with van der Waals surface area (Å²) in [5, 5.41) is 2.69. The average Bonchev–Trinajstić information content (AvgIpc) is 2.89. The second-order valence-corrected chi connectivity index (χ2v) is 8.13. The lowest BCUT2D eigenvalue weighted by Crippen LogP contribution is -2.39. The van der Waals surface area contributed by atoms with Crippen molar-refractivity contribution in [2.45, 2.75) is 12.2 Å². The highest BCUT2D eigenvalue weighted by molar-refractivity contribution is 9.10. The number of carbonyl (C=O) groups is 2. The Morgan fingerprint density at radius 2 is 1.72 bits per heavy atom. The fourth-order valence-electron chi connectivity index (χ4n) is 3.74. The summed E-state index contributed by atoms with van der Waals surface area (Å²) < 4.78 is 55.0.